The van der Waals surface area contributed by atoms with Crippen molar-refractivity contribution in [3.8, 4) is 0 Å². The lowest BCUT2D eigenvalue weighted by molar-refractivity contribution is 0.0690. The summed E-state index contributed by atoms with van der Waals surface area (Å²) in [5.74, 6) is -0.624. The minimum absolute atomic E-state index is 0.0615. The Balaban J connectivity index is 2.18. The van der Waals surface area contributed by atoms with E-state index in [9.17, 15) is 13.2 Å². The lowest BCUT2D eigenvalue weighted by Crippen LogP contribution is -2.40. The van der Waals surface area contributed by atoms with Gasteiger partial charge in [-0.15, -0.1) is 0 Å². The van der Waals surface area contributed by atoms with Crippen LogP contribution in [0.4, 0.5) is 5.82 Å². The first-order valence-electron chi connectivity index (χ1n) is 4.99. The van der Waals surface area contributed by atoms with E-state index in [-0.39, 0.29) is 17.2 Å². The molecule has 1 aromatic rings. The Labute approximate surface area is 98.0 Å². The number of carboxylic acids is 1. The summed E-state index contributed by atoms with van der Waals surface area (Å²) in [5, 5.41) is 8.77. The van der Waals surface area contributed by atoms with E-state index in [2.05, 4.69) is 9.97 Å². The molecule has 92 valence electrons. The van der Waals surface area contributed by atoms with Gasteiger partial charge in [0.15, 0.2) is 15.5 Å². The summed E-state index contributed by atoms with van der Waals surface area (Å²) >= 11 is 0. The number of hydrogen-bond acceptors (Lipinski definition) is 6. The van der Waals surface area contributed by atoms with Crippen molar-refractivity contribution in [2.45, 2.75) is 0 Å². The van der Waals surface area contributed by atoms with Crippen LogP contribution in [0.25, 0.3) is 0 Å². The number of hydrogen-bond donors (Lipinski definition) is 1. The third kappa shape index (κ3) is 2.70. The third-order valence-electron chi connectivity index (χ3n) is 2.51. The molecule has 2 rings (SSSR count). The summed E-state index contributed by atoms with van der Waals surface area (Å²) in [4.78, 5) is 20.1. The lowest BCUT2D eigenvalue weighted by Gasteiger charge is -2.27. The van der Waals surface area contributed by atoms with Crippen LogP contribution in [0.3, 0.4) is 0 Å². The molecule has 0 atom stereocenters. The minimum atomic E-state index is -2.96. The quantitative estimate of drug-likeness (QED) is 0.755. The SMILES string of the molecule is O=C(O)c1cncc(N2CCS(=O)(=O)CC2)n1. The van der Waals surface area contributed by atoms with Gasteiger partial charge in [-0.3, -0.25) is 4.98 Å². The van der Waals surface area contributed by atoms with Gasteiger partial charge in [-0.25, -0.2) is 18.2 Å². The maximum absolute atomic E-state index is 11.2. The van der Waals surface area contributed by atoms with Crippen LogP contribution in [0.5, 0.6) is 0 Å². The first-order chi connectivity index (χ1) is 7.98. The molecule has 1 aliphatic heterocycles. The molecule has 0 spiro atoms. The van der Waals surface area contributed by atoms with Gasteiger partial charge in [0.1, 0.15) is 5.82 Å². The molecule has 7 nitrogen and oxygen atoms in total. The number of aromatic carboxylic acids is 1. The van der Waals surface area contributed by atoms with Crippen LogP contribution in [0, 0.1) is 0 Å². The van der Waals surface area contributed by atoms with Gasteiger partial charge >= 0.3 is 5.97 Å². The van der Waals surface area contributed by atoms with Gasteiger partial charge in [-0.05, 0) is 0 Å². The molecule has 1 N–H and O–H groups in total. The van der Waals surface area contributed by atoms with Gasteiger partial charge in [0.2, 0.25) is 0 Å². The highest BCUT2D eigenvalue weighted by molar-refractivity contribution is 7.91. The van der Waals surface area contributed by atoms with Crippen molar-refractivity contribution >= 4 is 21.6 Å². The van der Waals surface area contributed by atoms with Crippen LogP contribution in [0.2, 0.25) is 0 Å². The molecule has 1 saturated heterocycles. The zero-order chi connectivity index (χ0) is 12.5. The van der Waals surface area contributed by atoms with E-state index in [4.69, 9.17) is 5.11 Å². The number of carboxylic acid groups (broad SMARTS) is 1. The molecule has 8 heteroatoms. The van der Waals surface area contributed by atoms with Crippen LogP contribution in [-0.4, -0.2) is 54.1 Å². The van der Waals surface area contributed by atoms with Crippen molar-refractivity contribution in [1.82, 2.24) is 9.97 Å². The van der Waals surface area contributed by atoms with Crippen molar-refractivity contribution in [3.05, 3.63) is 18.1 Å². The van der Waals surface area contributed by atoms with Crippen LogP contribution in [0.15, 0.2) is 12.4 Å². The molecule has 0 bridgehead atoms. The summed E-state index contributed by atoms with van der Waals surface area (Å²) in [6.45, 7) is 0.639. The zero-order valence-corrected chi connectivity index (χ0v) is 9.72. The first-order valence-corrected chi connectivity index (χ1v) is 6.81. The summed E-state index contributed by atoms with van der Waals surface area (Å²) in [6, 6.07) is 0. The van der Waals surface area contributed by atoms with Gasteiger partial charge in [0.05, 0.1) is 23.9 Å². The minimum Gasteiger partial charge on any atom is -0.476 e. The second-order valence-corrected chi connectivity index (χ2v) is 6.01. The third-order valence-corrected chi connectivity index (χ3v) is 4.12. The molecular formula is C9H11N3O4S. The normalized spacial score (nSPS) is 18.9. The average molecular weight is 257 g/mol. The average Bonchev–Trinajstić information content (AvgIpc) is 2.29. The van der Waals surface area contributed by atoms with Crippen molar-refractivity contribution in [2.75, 3.05) is 29.5 Å². The van der Waals surface area contributed by atoms with Crippen LogP contribution in [0.1, 0.15) is 10.5 Å². The molecule has 0 radical (unpaired) electrons. The number of anilines is 1. The van der Waals surface area contributed by atoms with Crippen molar-refractivity contribution in [3.63, 3.8) is 0 Å². The van der Waals surface area contributed by atoms with E-state index < -0.39 is 15.8 Å². The molecule has 0 amide bonds. The topological polar surface area (TPSA) is 100 Å². The Bertz CT molecular complexity index is 529. The lowest BCUT2D eigenvalue weighted by atomic mass is 10.4. The van der Waals surface area contributed by atoms with E-state index in [1.807, 2.05) is 0 Å². The number of aromatic nitrogens is 2. The Hall–Kier alpha value is -1.70. The van der Waals surface area contributed by atoms with E-state index in [1.165, 1.54) is 6.20 Å². The van der Waals surface area contributed by atoms with E-state index in [0.717, 1.165) is 6.20 Å². The monoisotopic (exact) mass is 257 g/mol. The molecule has 2 heterocycles. The second-order valence-electron chi connectivity index (χ2n) is 3.71. The molecule has 0 aromatic carbocycles. The second kappa shape index (κ2) is 4.28. The number of rotatable bonds is 2. The van der Waals surface area contributed by atoms with E-state index >= 15 is 0 Å². The summed E-state index contributed by atoms with van der Waals surface area (Å²) in [7, 11) is -2.96. The smallest absolute Gasteiger partial charge is 0.356 e. The van der Waals surface area contributed by atoms with Gasteiger partial charge in [-0.1, -0.05) is 0 Å². The summed E-state index contributed by atoms with van der Waals surface area (Å²) in [6.07, 6.45) is 2.59. The highest BCUT2D eigenvalue weighted by atomic mass is 32.2. The largest absolute Gasteiger partial charge is 0.476 e. The van der Waals surface area contributed by atoms with Gasteiger partial charge in [0.25, 0.3) is 0 Å². The van der Waals surface area contributed by atoms with Gasteiger partial charge in [0, 0.05) is 13.1 Å². The van der Waals surface area contributed by atoms with E-state index in [1.54, 1.807) is 4.90 Å². The number of carbonyl (C=O) groups is 1. The fourth-order valence-corrected chi connectivity index (χ4v) is 2.75. The molecule has 17 heavy (non-hydrogen) atoms. The zero-order valence-electron chi connectivity index (χ0n) is 8.90. The van der Waals surface area contributed by atoms with Crippen molar-refractivity contribution < 1.29 is 18.3 Å². The fraction of sp³-hybridized carbons (Fsp3) is 0.444. The Morgan fingerprint density at radius 2 is 1.94 bits per heavy atom. The number of nitrogens with zero attached hydrogens (tertiary/aromatic N) is 3. The highest BCUT2D eigenvalue weighted by Gasteiger charge is 2.23. The van der Waals surface area contributed by atoms with Gasteiger partial charge in [-0.2, -0.15) is 0 Å². The predicted molar refractivity (Wildman–Crippen MR) is 59.9 cm³/mol. The van der Waals surface area contributed by atoms with Gasteiger partial charge < -0.3 is 10.0 Å². The Morgan fingerprint density at radius 3 is 2.53 bits per heavy atom. The molecule has 0 saturated carbocycles. The molecule has 0 aliphatic carbocycles. The summed E-state index contributed by atoms with van der Waals surface area (Å²) < 4.78 is 22.5. The fourth-order valence-electron chi connectivity index (χ4n) is 1.55. The Kier molecular flexibility index (Phi) is 2.97. The van der Waals surface area contributed by atoms with Crippen molar-refractivity contribution in [2.24, 2.45) is 0 Å². The van der Waals surface area contributed by atoms with Crippen LogP contribution >= 0.6 is 0 Å². The molecule has 1 aromatic heterocycles. The molecule has 1 aliphatic rings. The molecular weight excluding hydrogens is 246 g/mol. The van der Waals surface area contributed by atoms with E-state index in [0.29, 0.717) is 18.9 Å². The maximum atomic E-state index is 11.2. The summed E-state index contributed by atoms with van der Waals surface area (Å²) in [5.41, 5.74) is -0.143. The Morgan fingerprint density at radius 1 is 1.29 bits per heavy atom. The molecule has 1 fully saturated rings. The van der Waals surface area contributed by atoms with Crippen LogP contribution < -0.4 is 4.90 Å². The van der Waals surface area contributed by atoms with Crippen molar-refractivity contribution in [1.29, 1.82) is 0 Å². The number of sulfone groups is 1. The highest BCUT2D eigenvalue weighted by Crippen LogP contribution is 2.13. The maximum Gasteiger partial charge on any atom is 0.356 e. The predicted octanol–water partition coefficient (Wildman–Crippen LogP) is -0.590. The molecule has 0 unspecified atom stereocenters. The van der Waals surface area contributed by atoms with Crippen LogP contribution in [-0.2, 0) is 9.84 Å². The first kappa shape index (κ1) is 11.8. The standard InChI is InChI=1S/C9H11N3O4S/c13-9(14)7-5-10-6-8(11-7)12-1-3-17(15,16)4-2-12/h5-6H,1-4H2,(H,13,14).